The van der Waals surface area contributed by atoms with Crippen LogP contribution in [0, 0.1) is 18.3 Å². The number of aromatic nitrogens is 5. The minimum atomic E-state index is -0.933. The molecule has 0 unspecified atom stereocenters. The minimum absolute atomic E-state index is 0.329. The molecule has 1 aliphatic carbocycles. The van der Waals surface area contributed by atoms with Crippen LogP contribution in [0.1, 0.15) is 41.8 Å². The standard InChI is InChI=1S/C17H17F2N7/c1-9-13(8-22-26(9)12(4-18)5-19)23-17-24-15(10-2-3-10)14-11(6-20)7-21-16(14)25-17/h7-8,10,12H,2-5H2,1H3,(H2,21,23,24,25). The van der Waals surface area contributed by atoms with Gasteiger partial charge in [-0.2, -0.15) is 15.3 Å². The summed E-state index contributed by atoms with van der Waals surface area (Å²) >= 11 is 0. The van der Waals surface area contributed by atoms with Gasteiger partial charge in [-0.3, -0.25) is 4.68 Å². The molecule has 9 heteroatoms. The second kappa shape index (κ2) is 6.37. The lowest BCUT2D eigenvalue weighted by Crippen LogP contribution is -2.16. The molecule has 3 aromatic rings. The molecule has 0 saturated heterocycles. The van der Waals surface area contributed by atoms with Crippen molar-refractivity contribution in [1.82, 2.24) is 24.7 Å². The van der Waals surface area contributed by atoms with E-state index in [0.29, 0.717) is 34.5 Å². The molecule has 0 bridgehead atoms. The van der Waals surface area contributed by atoms with Gasteiger partial charge in [0.2, 0.25) is 5.95 Å². The van der Waals surface area contributed by atoms with Crippen LogP contribution in [0.3, 0.4) is 0 Å². The van der Waals surface area contributed by atoms with Gasteiger partial charge in [-0.25, -0.2) is 13.8 Å². The molecule has 4 rings (SSSR count). The van der Waals surface area contributed by atoms with Crippen molar-refractivity contribution in [1.29, 1.82) is 5.26 Å². The van der Waals surface area contributed by atoms with E-state index < -0.39 is 19.4 Å². The number of H-pyrrole nitrogens is 1. The predicted molar refractivity (Wildman–Crippen MR) is 91.8 cm³/mol. The molecule has 0 aliphatic heterocycles. The van der Waals surface area contributed by atoms with Crippen LogP contribution in [-0.4, -0.2) is 38.1 Å². The average Bonchev–Trinajstić information content (AvgIpc) is 3.33. The van der Waals surface area contributed by atoms with E-state index in [1.54, 1.807) is 13.1 Å². The van der Waals surface area contributed by atoms with Gasteiger partial charge in [-0.15, -0.1) is 0 Å². The van der Waals surface area contributed by atoms with Gasteiger partial charge in [0, 0.05) is 12.1 Å². The largest absolute Gasteiger partial charge is 0.345 e. The van der Waals surface area contributed by atoms with Crippen molar-refractivity contribution >= 4 is 22.7 Å². The fourth-order valence-electron chi connectivity index (χ4n) is 3.06. The Morgan fingerprint density at radius 3 is 2.81 bits per heavy atom. The van der Waals surface area contributed by atoms with Crippen LogP contribution in [0.15, 0.2) is 12.4 Å². The summed E-state index contributed by atoms with van der Waals surface area (Å²) in [5.41, 5.74) is 3.17. The van der Waals surface area contributed by atoms with Gasteiger partial charge < -0.3 is 10.3 Å². The van der Waals surface area contributed by atoms with E-state index in [2.05, 4.69) is 31.4 Å². The highest BCUT2D eigenvalue weighted by atomic mass is 19.1. The first-order chi connectivity index (χ1) is 12.7. The summed E-state index contributed by atoms with van der Waals surface area (Å²) in [5, 5.41) is 17.2. The summed E-state index contributed by atoms with van der Waals surface area (Å²) in [6.07, 6.45) is 5.21. The van der Waals surface area contributed by atoms with Gasteiger partial charge in [0.15, 0.2) is 0 Å². The van der Waals surface area contributed by atoms with Crippen LogP contribution in [0.5, 0.6) is 0 Å². The highest BCUT2D eigenvalue weighted by Gasteiger charge is 2.30. The second-order valence-corrected chi connectivity index (χ2v) is 6.42. The van der Waals surface area contributed by atoms with E-state index >= 15 is 0 Å². The van der Waals surface area contributed by atoms with Crippen LogP contribution < -0.4 is 5.32 Å². The molecule has 3 heterocycles. The fourth-order valence-corrected chi connectivity index (χ4v) is 3.06. The molecule has 0 amide bonds. The molecule has 1 saturated carbocycles. The van der Waals surface area contributed by atoms with Crippen LogP contribution in [0.2, 0.25) is 0 Å². The van der Waals surface area contributed by atoms with E-state index in [0.717, 1.165) is 23.9 Å². The van der Waals surface area contributed by atoms with Gasteiger partial charge in [-0.05, 0) is 19.8 Å². The first kappa shape index (κ1) is 16.4. The van der Waals surface area contributed by atoms with Gasteiger partial charge in [0.05, 0.1) is 34.2 Å². The lowest BCUT2D eigenvalue weighted by molar-refractivity contribution is 0.269. The molecular formula is C17H17F2N7. The maximum Gasteiger partial charge on any atom is 0.229 e. The Hall–Kier alpha value is -3.02. The van der Waals surface area contributed by atoms with E-state index in [1.165, 1.54) is 10.9 Å². The third-order valence-electron chi connectivity index (χ3n) is 4.64. The number of rotatable bonds is 6. The maximum absolute atomic E-state index is 12.9. The van der Waals surface area contributed by atoms with Crippen molar-refractivity contribution in [3.63, 3.8) is 0 Å². The van der Waals surface area contributed by atoms with Gasteiger partial charge in [-0.1, -0.05) is 0 Å². The highest BCUT2D eigenvalue weighted by molar-refractivity contribution is 5.86. The Kier molecular flexibility index (Phi) is 4.03. The van der Waals surface area contributed by atoms with Crippen LogP contribution in [0.4, 0.5) is 20.4 Å². The maximum atomic E-state index is 12.9. The van der Waals surface area contributed by atoms with E-state index in [-0.39, 0.29) is 0 Å². The molecule has 3 aromatic heterocycles. The number of anilines is 2. The van der Waals surface area contributed by atoms with Gasteiger partial charge >= 0.3 is 0 Å². The molecular weight excluding hydrogens is 340 g/mol. The summed E-state index contributed by atoms with van der Waals surface area (Å²) in [6.45, 7) is 0.0781. The number of aromatic amines is 1. The number of nitriles is 1. The SMILES string of the molecule is Cc1c(Nc2nc(C3CC3)c3c(C#N)c[nH]c3n2)cnn1C(CF)CF. The Balaban J connectivity index is 1.71. The van der Waals surface area contributed by atoms with Crippen molar-refractivity contribution in [3.05, 3.63) is 29.3 Å². The van der Waals surface area contributed by atoms with Gasteiger partial charge in [0.1, 0.15) is 31.1 Å². The fraction of sp³-hybridized carbons (Fsp3) is 0.412. The number of alkyl halides is 2. The van der Waals surface area contributed by atoms with Crippen LogP contribution >= 0.6 is 0 Å². The third kappa shape index (κ3) is 2.67. The molecule has 26 heavy (non-hydrogen) atoms. The Morgan fingerprint density at radius 2 is 2.15 bits per heavy atom. The third-order valence-corrected chi connectivity index (χ3v) is 4.64. The zero-order valence-electron chi connectivity index (χ0n) is 14.1. The first-order valence-electron chi connectivity index (χ1n) is 8.38. The molecule has 0 radical (unpaired) electrons. The summed E-state index contributed by atoms with van der Waals surface area (Å²) in [6, 6.07) is 1.23. The molecule has 2 N–H and O–H groups in total. The van der Waals surface area contributed by atoms with E-state index in [9.17, 15) is 14.0 Å². The molecule has 7 nitrogen and oxygen atoms in total. The zero-order valence-corrected chi connectivity index (χ0v) is 14.1. The monoisotopic (exact) mass is 357 g/mol. The lowest BCUT2D eigenvalue weighted by atomic mass is 10.1. The smallest absolute Gasteiger partial charge is 0.229 e. The van der Waals surface area contributed by atoms with Crippen LogP contribution in [-0.2, 0) is 0 Å². The summed E-state index contributed by atoms with van der Waals surface area (Å²) < 4.78 is 27.2. The molecule has 0 aromatic carbocycles. The lowest BCUT2D eigenvalue weighted by Gasteiger charge is -2.12. The average molecular weight is 357 g/mol. The van der Waals surface area contributed by atoms with Crippen molar-refractivity contribution in [2.24, 2.45) is 0 Å². The zero-order chi connectivity index (χ0) is 18.3. The second-order valence-electron chi connectivity index (χ2n) is 6.42. The Labute approximate surface area is 148 Å². The summed E-state index contributed by atoms with van der Waals surface area (Å²) in [4.78, 5) is 12.0. The topological polar surface area (TPSA) is 95.2 Å². The number of hydrogen-bond donors (Lipinski definition) is 2. The molecule has 0 spiro atoms. The van der Waals surface area contributed by atoms with Crippen molar-refractivity contribution in [2.75, 3.05) is 18.7 Å². The summed E-state index contributed by atoms with van der Waals surface area (Å²) in [5.74, 6) is 0.695. The molecule has 134 valence electrons. The Morgan fingerprint density at radius 1 is 1.38 bits per heavy atom. The summed E-state index contributed by atoms with van der Waals surface area (Å²) in [7, 11) is 0. The predicted octanol–water partition coefficient (Wildman–Crippen LogP) is 3.44. The van der Waals surface area contributed by atoms with E-state index in [4.69, 9.17) is 0 Å². The minimum Gasteiger partial charge on any atom is -0.345 e. The number of hydrogen-bond acceptors (Lipinski definition) is 5. The molecule has 1 fully saturated rings. The number of halogens is 2. The first-order valence-corrected chi connectivity index (χ1v) is 8.38. The Bertz CT molecular complexity index is 993. The van der Waals surface area contributed by atoms with Crippen LogP contribution in [0.25, 0.3) is 11.0 Å². The van der Waals surface area contributed by atoms with Crippen molar-refractivity contribution in [3.8, 4) is 6.07 Å². The number of nitrogens with zero attached hydrogens (tertiary/aromatic N) is 5. The molecule has 0 atom stereocenters. The van der Waals surface area contributed by atoms with Gasteiger partial charge in [0.25, 0.3) is 0 Å². The van der Waals surface area contributed by atoms with Crippen molar-refractivity contribution < 1.29 is 8.78 Å². The molecule has 1 aliphatic rings. The number of fused-ring (bicyclic) bond motifs is 1. The number of nitrogens with one attached hydrogen (secondary N) is 2. The quantitative estimate of drug-likeness (QED) is 0.705. The normalized spacial score (nSPS) is 14.1. The highest BCUT2D eigenvalue weighted by Crippen LogP contribution is 2.43. The van der Waals surface area contributed by atoms with E-state index in [1.807, 2.05) is 0 Å². The van der Waals surface area contributed by atoms with Crippen molar-refractivity contribution in [2.45, 2.75) is 31.7 Å².